The molecule has 0 N–H and O–H groups in total. The smallest absolute Gasteiger partial charge is 0.349 e. The van der Waals surface area contributed by atoms with Gasteiger partial charge < -0.3 is 9.80 Å². The number of rotatable bonds is 4. The van der Waals surface area contributed by atoms with E-state index in [0.29, 0.717) is 54.2 Å². The summed E-state index contributed by atoms with van der Waals surface area (Å²) in [7, 11) is 0. The Labute approximate surface area is 243 Å². The molecule has 5 heterocycles. The standard InChI is InChI=1S/C30H36FN9O2/c1-8-20-11-10-12-21-16-39(36-35-21)29-23(31)13-22-27(38-15-18(5)37(14-19(38)6)24(41)9-2)34-30(42)40(28(22)33-29)26(20)25(32-7)17(3)4/h8-9,13,16-19H,2,7,10-12,14-15H2,1,3-6H3/b20-8-,26-25+/t18-,19+/m1/s1. The number of aryl methyl sites for hydroxylation is 1. The zero-order valence-corrected chi connectivity index (χ0v) is 24.7. The Morgan fingerprint density at radius 1 is 1.17 bits per heavy atom. The number of aromatic nitrogens is 6. The minimum absolute atomic E-state index is 0.0750. The Balaban J connectivity index is 1.85. The molecule has 1 fully saturated rings. The van der Waals surface area contributed by atoms with E-state index in [4.69, 9.17) is 4.98 Å². The van der Waals surface area contributed by atoms with Crippen LogP contribution in [0.2, 0.25) is 0 Å². The maximum atomic E-state index is 15.9. The van der Waals surface area contributed by atoms with Gasteiger partial charge in [-0.1, -0.05) is 31.7 Å². The third kappa shape index (κ3) is 4.94. The molecule has 1 amide bonds. The molecule has 0 unspecified atom stereocenters. The van der Waals surface area contributed by atoms with Crippen molar-refractivity contribution >= 4 is 35.2 Å². The van der Waals surface area contributed by atoms with Crippen molar-refractivity contribution in [1.29, 1.82) is 0 Å². The molecule has 2 aliphatic heterocycles. The van der Waals surface area contributed by atoms with Gasteiger partial charge in [0.1, 0.15) is 5.82 Å². The van der Waals surface area contributed by atoms with Crippen LogP contribution in [-0.2, 0) is 11.2 Å². The van der Waals surface area contributed by atoms with E-state index in [0.717, 1.165) is 12.0 Å². The number of amides is 1. The lowest BCUT2D eigenvalue weighted by molar-refractivity contribution is -0.128. The van der Waals surface area contributed by atoms with E-state index in [1.165, 1.54) is 21.4 Å². The van der Waals surface area contributed by atoms with E-state index in [9.17, 15) is 9.59 Å². The molecule has 1 saturated heterocycles. The number of hydrogen-bond donors (Lipinski definition) is 0. The van der Waals surface area contributed by atoms with Crippen LogP contribution in [-0.4, -0.2) is 72.2 Å². The van der Waals surface area contributed by atoms with E-state index in [1.54, 1.807) is 11.1 Å². The first-order valence-electron chi connectivity index (χ1n) is 14.2. The highest BCUT2D eigenvalue weighted by atomic mass is 19.1. The number of hydrogen-bond acceptors (Lipinski definition) is 8. The lowest BCUT2D eigenvalue weighted by atomic mass is 9.98. The number of allylic oxidation sites excluding steroid dienone is 4. The zero-order chi connectivity index (χ0) is 30.3. The molecule has 42 heavy (non-hydrogen) atoms. The van der Waals surface area contributed by atoms with E-state index < -0.39 is 11.5 Å². The van der Waals surface area contributed by atoms with Gasteiger partial charge in [-0.2, -0.15) is 9.67 Å². The number of fused-ring (bicyclic) bond motifs is 4. The molecule has 0 saturated carbocycles. The predicted octanol–water partition coefficient (Wildman–Crippen LogP) is 3.93. The second-order valence-electron chi connectivity index (χ2n) is 11.1. The van der Waals surface area contributed by atoms with Gasteiger partial charge in [0, 0.05) is 25.2 Å². The number of carbonyl (C=O) groups excluding carboxylic acids is 1. The van der Waals surface area contributed by atoms with Crippen LogP contribution >= 0.6 is 0 Å². The highest BCUT2D eigenvalue weighted by Gasteiger charge is 2.34. The minimum Gasteiger partial charge on any atom is -0.349 e. The number of aliphatic imine (C=N–C) groups is 1. The lowest BCUT2D eigenvalue weighted by Gasteiger charge is -2.44. The molecule has 2 aliphatic rings. The normalized spacial score (nSPS) is 21.5. The van der Waals surface area contributed by atoms with Crippen molar-refractivity contribution in [1.82, 2.24) is 34.4 Å². The summed E-state index contributed by atoms with van der Waals surface area (Å²) >= 11 is 0. The van der Waals surface area contributed by atoms with Crippen LogP contribution in [0.25, 0.3) is 22.5 Å². The van der Waals surface area contributed by atoms with Crippen LogP contribution < -0.4 is 10.6 Å². The van der Waals surface area contributed by atoms with Crippen LogP contribution in [0.15, 0.2) is 52.1 Å². The van der Waals surface area contributed by atoms with Crippen LogP contribution in [0.3, 0.4) is 0 Å². The highest BCUT2D eigenvalue weighted by Crippen LogP contribution is 2.35. The molecule has 0 aliphatic carbocycles. The molecule has 4 bridgehead atoms. The Kier molecular flexibility index (Phi) is 7.89. The van der Waals surface area contributed by atoms with Gasteiger partial charge in [-0.05, 0) is 70.4 Å². The summed E-state index contributed by atoms with van der Waals surface area (Å²) in [4.78, 5) is 44.0. The number of carbonyl (C=O) groups is 1. The van der Waals surface area contributed by atoms with Crippen molar-refractivity contribution < 1.29 is 9.18 Å². The number of anilines is 1. The van der Waals surface area contributed by atoms with Crippen molar-refractivity contribution in [2.45, 2.75) is 66.0 Å². The number of halogens is 1. The fourth-order valence-electron chi connectivity index (χ4n) is 5.85. The van der Waals surface area contributed by atoms with Gasteiger partial charge in [0.25, 0.3) is 0 Å². The lowest BCUT2D eigenvalue weighted by Crippen LogP contribution is -2.58. The van der Waals surface area contributed by atoms with Gasteiger partial charge in [-0.15, -0.1) is 5.10 Å². The molecule has 3 aromatic rings. The van der Waals surface area contributed by atoms with Crippen LogP contribution in [0.4, 0.5) is 10.2 Å². The van der Waals surface area contributed by atoms with Gasteiger partial charge in [0.05, 0.1) is 28.7 Å². The highest BCUT2D eigenvalue weighted by molar-refractivity contribution is 5.92. The van der Waals surface area contributed by atoms with Crippen molar-refractivity contribution in [2.75, 3.05) is 18.0 Å². The van der Waals surface area contributed by atoms with Gasteiger partial charge in [-0.25, -0.2) is 18.7 Å². The molecule has 0 radical (unpaired) electrons. The third-order valence-electron chi connectivity index (χ3n) is 7.97. The molecule has 0 aromatic carbocycles. The first-order valence-corrected chi connectivity index (χ1v) is 14.2. The minimum atomic E-state index is -0.631. The molecule has 0 spiro atoms. The SMILES string of the molecule is C=CC(=O)N1C[C@H](C)N(c2nc(=O)n3c4nc(c(F)cc24)-n2cc(nn2)CCCC(=C/C)/C3=C(\N=C)C(C)C)C[C@H]1C. The quantitative estimate of drug-likeness (QED) is 0.343. The molecule has 5 rings (SSSR count). The van der Waals surface area contributed by atoms with E-state index in [2.05, 4.69) is 33.6 Å². The van der Waals surface area contributed by atoms with E-state index >= 15 is 4.39 Å². The van der Waals surface area contributed by atoms with Gasteiger partial charge >= 0.3 is 5.69 Å². The van der Waals surface area contributed by atoms with Crippen molar-refractivity contribution in [3.8, 4) is 5.82 Å². The van der Waals surface area contributed by atoms with Gasteiger partial charge in [0.15, 0.2) is 17.3 Å². The number of nitrogens with zero attached hydrogens (tertiary/aromatic N) is 9. The molecular formula is C30H36FN9O2. The summed E-state index contributed by atoms with van der Waals surface area (Å²) in [5.74, 6) is -0.646. The fourth-order valence-corrected chi connectivity index (χ4v) is 5.85. The van der Waals surface area contributed by atoms with Crippen LogP contribution in [0.1, 0.15) is 53.2 Å². The summed E-state index contributed by atoms with van der Waals surface area (Å²) in [5.41, 5.74) is 2.41. The molecule has 3 aromatic heterocycles. The van der Waals surface area contributed by atoms with Crippen molar-refractivity contribution in [3.63, 3.8) is 0 Å². The van der Waals surface area contributed by atoms with E-state index in [-0.39, 0.29) is 35.4 Å². The zero-order valence-electron chi connectivity index (χ0n) is 24.7. The fraction of sp³-hybridized carbons (Fsp3) is 0.433. The summed E-state index contributed by atoms with van der Waals surface area (Å²) in [6, 6.07) is 0.937. The largest absolute Gasteiger partial charge is 0.355 e. The average Bonchev–Trinajstić information content (AvgIpc) is 3.43. The molecule has 12 heteroatoms. The summed E-state index contributed by atoms with van der Waals surface area (Å²) in [6.45, 7) is 18.0. The third-order valence-corrected chi connectivity index (χ3v) is 7.97. The monoisotopic (exact) mass is 573 g/mol. The molecule has 2 atom stereocenters. The first kappa shape index (κ1) is 29.0. The molecular weight excluding hydrogens is 537 g/mol. The topological polar surface area (TPSA) is 114 Å². The predicted molar refractivity (Wildman–Crippen MR) is 161 cm³/mol. The molecule has 220 valence electrons. The first-order chi connectivity index (χ1) is 20.1. The molecule has 11 nitrogen and oxygen atoms in total. The average molecular weight is 574 g/mol. The second-order valence-corrected chi connectivity index (χ2v) is 11.1. The Bertz CT molecular complexity index is 1700. The van der Waals surface area contributed by atoms with Gasteiger partial charge in [0.2, 0.25) is 5.91 Å². The van der Waals surface area contributed by atoms with E-state index in [1.807, 2.05) is 45.6 Å². The van der Waals surface area contributed by atoms with Crippen LogP contribution in [0.5, 0.6) is 0 Å². The Morgan fingerprint density at radius 3 is 2.60 bits per heavy atom. The second kappa shape index (κ2) is 11.4. The Hall–Kier alpha value is -4.48. The van der Waals surface area contributed by atoms with Gasteiger partial charge in [-0.3, -0.25) is 9.79 Å². The van der Waals surface area contributed by atoms with Crippen LogP contribution in [0, 0.1) is 11.7 Å². The number of piperazine rings is 1. The summed E-state index contributed by atoms with van der Waals surface area (Å²) in [6.07, 6.45) is 6.89. The number of pyridine rings is 1. The summed E-state index contributed by atoms with van der Waals surface area (Å²) in [5, 5.41) is 8.72. The van der Waals surface area contributed by atoms with Crippen molar-refractivity contribution in [3.05, 3.63) is 64.3 Å². The maximum absolute atomic E-state index is 15.9. The maximum Gasteiger partial charge on any atom is 0.355 e. The Morgan fingerprint density at radius 2 is 1.93 bits per heavy atom. The summed E-state index contributed by atoms with van der Waals surface area (Å²) < 4.78 is 18.6. The van der Waals surface area contributed by atoms with Crippen molar-refractivity contribution in [2.24, 2.45) is 10.9 Å².